The lowest BCUT2D eigenvalue weighted by molar-refractivity contribution is -0.147. The minimum atomic E-state index is -0.681. The first-order chi connectivity index (χ1) is 14.9. The molecule has 2 fully saturated rings. The van der Waals surface area contributed by atoms with Gasteiger partial charge in [-0.3, -0.25) is 9.69 Å². The highest BCUT2D eigenvalue weighted by molar-refractivity contribution is 5.88. The van der Waals surface area contributed by atoms with Crippen molar-refractivity contribution >= 4 is 16.7 Å². The molecule has 0 spiro atoms. The quantitative estimate of drug-likeness (QED) is 0.573. The molecule has 4 heteroatoms. The van der Waals surface area contributed by atoms with Gasteiger partial charge in [0.25, 0.3) is 0 Å². The van der Waals surface area contributed by atoms with Gasteiger partial charge in [-0.1, -0.05) is 65.3 Å². The monoisotopic (exact) mass is 427 g/mol. The van der Waals surface area contributed by atoms with Gasteiger partial charge in [-0.15, -0.1) is 0 Å². The third-order valence-electron chi connectivity index (χ3n) is 5.46. The van der Waals surface area contributed by atoms with Crippen LogP contribution in [0.2, 0.25) is 0 Å². The van der Waals surface area contributed by atoms with Crippen LogP contribution in [-0.4, -0.2) is 35.2 Å². The molecule has 0 radical (unpaired) electrons. The van der Waals surface area contributed by atoms with E-state index >= 15 is 0 Å². The number of carboxylic acids is 1. The first-order valence-corrected chi connectivity index (χ1v) is 12.1. The van der Waals surface area contributed by atoms with Crippen LogP contribution in [0, 0.1) is 11.8 Å². The summed E-state index contributed by atoms with van der Waals surface area (Å²) in [6, 6.07) is 12.8. The normalized spacial score (nSPS) is 17.2. The SMILES string of the molecule is CC.CC(C)C.O=C(O)C1CN(Cc2ccc3c(OC4CCCCC4)cccc3c2)C1. The first-order valence-electron chi connectivity index (χ1n) is 12.1. The van der Waals surface area contributed by atoms with E-state index in [4.69, 9.17) is 9.84 Å². The number of ether oxygens (including phenoxy) is 1. The van der Waals surface area contributed by atoms with E-state index in [1.165, 1.54) is 35.6 Å². The summed E-state index contributed by atoms with van der Waals surface area (Å²) in [5.41, 5.74) is 1.23. The van der Waals surface area contributed by atoms with Crippen molar-refractivity contribution in [2.24, 2.45) is 11.8 Å². The third kappa shape index (κ3) is 7.84. The number of likely N-dealkylation sites (tertiary alicyclic amines) is 1. The minimum absolute atomic E-state index is 0.198. The maximum Gasteiger partial charge on any atom is 0.309 e. The molecule has 4 nitrogen and oxygen atoms in total. The number of carboxylic acid groups (broad SMARTS) is 1. The molecule has 1 aliphatic carbocycles. The second-order valence-corrected chi connectivity index (χ2v) is 9.15. The summed E-state index contributed by atoms with van der Waals surface area (Å²) in [6.07, 6.45) is 6.55. The van der Waals surface area contributed by atoms with Crippen LogP contribution in [0.25, 0.3) is 10.8 Å². The summed E-state index contributed by atoms with van der Waals surface area (Å²) in [5, 5.41) is 11.3. The van der Waals surface area contributed by atoms with E-state index in [0.29, 0.717) is 19.2 Å². The average Bonchev–Trinajstić information content (AvgIpc) is 2.72. The fourth-order valence-corrected chi connectivity index (χ4v) is 3.98. The van der Waals surface area contributed by atoms with Crippen LogP contribution in [0.5, 0.6) is 5.75 Å². The van der Waals surface area contributed by atoms with Crippen molar-refractivity contribution in [2.45, 2.75) is 79.4 Å². The molecule has 172 valence electrons. The van der Waals surface area contributed by atoms with E-state index in [1.54, 1.807) is 0 Å². The second kappa shape index (κ2) is 12.7. The molecular weight excluding hydrogens is 386 g/mol. The Kier molecular flexibility index (Phi) is 10.3. The Hall–Kier alpha value is -2.07. The zero-order chi connectivity index (χ0) is 22.8. The lowest BCUT2D eigenvalue weighted by Crippen LogP contribution is -2.49. The number of benzene rings is 2. The van der Waals surface area contributed by atoms with Crippen molar-refractivity contribution in [3.8, 4) is 5.75 Å². The first kappa shape index (κ1) is 25.2. The van der Waals surface area contributed by atoms with Crippen LogP contribution < -0.4 is 4.74 Å². The maximum absolute atomic E-state index is 10.9. The molecule has 2 aromatic carbocycles. The van der Waals surface area contributed by atoms with E-state index in [9.17, 15) is 4.79 Å². The number of rotatable bonds is 5. The molecule has 31 heavy (non-hydrogen) atoms. The molecule has 0 amide bonds. The van der Waals surface area contributed by atoms with Gasteiger partial charge in [-0.25, -0.2) is 0 Å². The molecule has 2 aromatic rings. The number of carbonyl (C=O) groups is 1. The van der Waals surface area contributed by atoms with Gasteiger partial charge in [-0.05, 0) is 54.7 Å². The second-order valence-electron chi connectivity index (χ2n) is 9.15. The van der Waals surface area contributed by atoms with Crippen LogP contribution in [0.4, 0.5) is 0 Å². The Balaban J connectivity index is 0.000000513. The Labute approximate surface area is 188 Å². The molecule has 2 aliphatic rings. The Morgan fingerprint density at radius 1 is 1.06 bits per heavy atom. The maximum atomic E-state index is 10.9. The summed E-state index contributed by atoms with van der Waals surface area (Å²) in [7, 11) is 0. The van der Waals surface area contributed by atoms with Gasteiger partial charge in [0, 0.05) is 25.0 Å². The van der Waals surface area contributed by atoms with Gasteiger partial charge < -0.3 is 9.84 Å². The van der Waals surface area contributed by atoms with Crippen LogP contribution in [0.3, 0.4) is 0 Å². The largest absolute Gasteiger partial charge is 0.490 e. The minimum Gasteiger partial charge on any atom is -0.490 e. The number of nitrogens with zero attached hydrogens (tertiary/aromatic N) is 1. The molecular formula is C27H41NO3. The lowest BCUT2D eigenvalue weighted by Gasteiger charge is -2.36. The molecule has 0 bridgehead atoms. The Morgan fingerprint density at radius 2 is 1.71 bits per heavy atom. The van der Waals surface area contributed by atoms with Crippen molar-refractivity contribution in [2.75, 3.05) is 13.1 Å². The zero-order valence-corrected chi connectivity index (χ0v) is 20.1. The highest BCUT2D eigenvalue weighted by atomic mass is 16.5. The van der Waals surface area contributed by atoms with E-state index in [0.717, 1.165) is 31.1 Å². The van der Waals surface area contributed by atoms with Gasteiger partial charge in [0.2, 0.25) is 0 Å². The number of hydrogen-bond acceptors (Lipinski definition) is 3. The predicted octanol–water partition coefficient (Wildman–Crippen LogP) is 6.76. The van der Waals surface area contributed by atoms with Crippen molar-refractivity contribution in [3.63, 3.8) is 0 Å². The molecule has 1 heterocycles. The molecule has 0 unspecified atom stereocenters. The fourth-order valence-electron chi connectivity index (χ4n) is 3.98. The van der Waals surface area contributed by atoms with Crippen LogP contribution in [-0.2, 0) is 11.3 Å². The van der Waals surface area contributed by atoms with Gasteiger partial charge in [-0.2, -0.15) is 0 Å². The zero-order valence-electron chi connectivity index (χ0n) is 20.1. The van der Waals surface area contributed by atoms with Gasteiger partial charge in [0.05, 0.1) is 12.0 Å². The molecule has 1 saturated heterocycles. The Bertz CT molecular complexity index is 802. The molecule has 1 N–H and O–H groups in total. The highest BCUT2D eigenvalue weighted by Gasteiger charge is 2.32. The van der Waals surface area contributed by atoms with Gasteiger partial charge >= 0.3 is 5.97 Å². The fraction of sp³-hybridized carbons (Fsp3) is 0.593. The molecule has 1 saturated carbocycles. The number of hydrogen-bond donors (Lipinski definition) is 1. The summed E-state index contributed by atoms with van der Waals surface area (Å²) >= 11 is 0. The standard InChI is InChI=1S/C21H25NO3.C4H10.C2H6/c23-21(24)17-13-22(14-17)12-15-9-10-19-16(11-15)5-4-8-20(19)25-18-6-2-1-3-7-18;1-4(2)3;1-2/h4-5,8-11,17-18H,1-3,6-7,12-14H2,(H,23,24);4H,1-3H3;1-2H3. The van der Waals surface area contributed by atoms with Crippen molar-refractivity contribution in [3.05, 3.63) is 42.0 Å². The van der Waals surface area contributed by atoms with Gasteiger partial charge in [0.1, 0.15) is 5.75 Å². The number of fused-ring (bicyclic) bond motifs is 1. The van der Waals surface area contributed by atoms with Gasteiger partial charge in [0.15, 0.2) is 0 Å². The van der Waals surface area contributed by atoms with Crippen LogP contribution in [0.15, 0.2) is 36.4 Å². The molecule has 4 rings (SSSR count). The smallest absolute Gasteiger partial charge is 0.309 e. The lowest BCUT2D eigenvalue weighted by atomic mass is 9.97. The van der Waals surface area contributed by atoms with E-state index in [2.05, 4.69) is 62.1 Å². The van der Waals surface area contributed by atoms with Crippen molar-refractivity contribution in [1.82, 2.24) is 4.90 Å². The topological polar surface area (TPSA) is 49.8 Å². The molecule has 1 aliphatic heterocycles. The van der Waals surface area contributed by atoms with Crippen molar-refractivity contribution < 1.29 is 14.6 Å². The summed E-state index contributed by atoms with van der Waals surface area (Å²) in [6.45, 7) is 12.6. The van der Waals surface area contributed by atoms with Crippen LogP contribution in [0.1, 0.15) is 72.3 Å². The van der Waals surface area contributed by atoms with E-state index < -0.39 is 5.97 Å². The molecule has 0 aromatic heterocycles. The molecule has 0 atom stereocenters. The third-order valence-corrected chi connectivity index (χ3v) is 5.46. The van der Waals surface area contributed by atoms with E-state index in [1.807, 2.05) is 13.8 Å². The highest BCUT2D eigenvalue weighted by Crippen LogP contribution is 2.31. The average molecular weight is 428 g/mol. The summed E-state index contributed by atoms with van der Waals surface area (Å²) < 4.78 is 6.29. The summed E-state index contributed by atoms with van der Waals surface area (Å²) in [4.78, 5) is 13.1. The van der Waals surface area contributed by atoms with Crippen molar-refractivity contribution in [1.29, 1.82) is 0 Å². The predicted molar refractivity (Wildman–Crippen MR) is 130 cm³/mol. The van der Waals surface area contributed by atoms with E-state index in [-0.39, 0.29) is 5.92 Å². The Morgan fingerprint density at radius 3 is 2.32 bits per heavy atom. The number of aliphatic carboxylic acids is 1. The summed E-state index contributed by atoms with van der Waals surface area (Å²) in [5.74, 6) is 0.945. The van der Waals surface area contributed by atoms with Crippen LogP contribution >= 0.6 is 0 Å².